The van der Waals surface area contributed by atoms with E-state index in [0.717, 1.165) is 18.4 Å². The fourth-order valence-electron chi connectivity index (χ4n) is 2.36. The monoisotopic (exact) mass is 226 g/mol. The number of hydrogen-bond acceptors (Lipinski definition) is 3. The topological polar surface area (TPSA) is 46.5 Å². The summed E-state index contributed by atoms with van der Waals surface area (Å²) in [4.78, 5) is 11.5. The Bertz CT molecular complexity index is 270. The van der Waals surface area contributed by atoms with Gasteiger partial charge in [-0.25, -0.2) is 0 Å². The number of carbonyl (C=O) groups is 1. The summed E-state index contributed by atoms with van der Waals surface area (Å²) in [6, 6.07) is 0. The Morgan fingerprint density at radius 3 is 2.69 bits per heavy atom. The van der Waals surface area contributed by atoms with Crippen molar-refractivity contribution in [2.45, 2.75) is 39.2 Å². The lowest BCUT2D eigenvalue weighted by atomic mass is 9.73. The van der Waals surface area contributed by atoms with Crippen LogP contribution in [0.4, 0.5) is 0 Å². The first-order valence-corrected chi connectivity index (χ1v) is 5.91. The predicted molar refractivity (Wildman–Crippen MR) is 62.8 cm³/mol. The van der Waals surface area contributed by atoms with Crippen LogP contribution in [0.1, 0.15) is 33.1 Å². The number of esters is 1. The van der Waals surface area contributed by atoms with Crippen LogP contribution in [-0.2, 0) is 9.53 Å². The zero-order valence-electron chi connectivity index (χ0n) is 10.4. The van der Waals surface area contributed by atoms with Crippen molar-refractivity contribution >= 4 is 5.97 Å². The van der Waals surface area contributed by atoms with Gasteiger partial charge in [-0.1, -0.05) is 26.0 Å². The number of hydrogen-bond donors (Lipinski definition) is 1. The third-order valence-corrected chi connectivity index (χ3v) is 3.51. The van der Waals surface area contributed by atoms with Crippen molar-refractivity contribution in [3.63, 3.8) is 0 Å². The first kappa shape index (κ1) is 13.2. The summed E-state index contributed by atoms with van der Waals surface area (Å²) in [5, 5.41) is 10.1. The zero-order chi connectivity index (χ0) is 12.3. The van der Waals surface area contributed by atoms with E-state index >= 15 is 0 Å². The van der Waals surface area contributed by atoms with Gasteiger partial charge in [-0.3, -0.25) is 4.79 Å². The molecule has 0 radical (unpaired) electrons. The van der Waals surface area contributed by atoms with E-state index in [1.807, 2.05) is 13.8 Å². The summed E-state index contributed by atoms with van der Waals surface area (Å²) in [7, 11) is 1.42. The number of rotatable bonds is 3. The maximum Gasteiger partial charge on any atom is 0.308 e. The predicted octanol–water partition coefficient (Wildman–Crippen LogP) is 2.15. The van der Waals surface area contributed by atoms with Gasteiger partial charge < -0.3 is 9.84 Å². The molecule has 1 saturated carbocycles. The van der Waals surface area contributed by atoms with Gasteiger partial charge in [0, 0.05) is 5.92 Å². The number of carbonyl (C=O) groups excluding carboxylic acids is 1. The molecule has 0 heterocycles. The van der Waals surface area contributed by atoms with E-state index in [-0.39, 0.29) is 23.7 Å². The second-order valence-electron chi connectivity index (χ2n) is 4.99. The average Bonchev–Trinajstić information content (AvgIpc) is 2.27. The molecule has 0 saturated heterocycles. The number of aliphatic hydroxyl groups is 1. The molecule has 1 aliphatic rings. The van der Waals surface area contributed by atoms with E-state index in [0.29, 0.717) is 6.42 Å². The van der Waals surface area contributed by atoms with Gasteiger partial charge in [-0.2, -0.15) is 0 Å². The highest BCUT2D eigenvalue weighted by molar-refractivity contribution is 5.72. The summed E-state index contributed by atoms with van der Waals surface area (Å²) >= 11 is 0. The maximum absolute atomic E-state index is 11.5. The Kier molecular flexibility index (Phi) is 4.54. The molecule has 0 aromatic rings. The number of aliphatic hydroxyl groups excluding tert-OH is 1. The number of methoxy groups -OCH3 is 1. The highest BCUT2D eigenvalue weighted by atomic mass is 16.5. The lowest BCUT2D eigenvalue weighted by Crippen LogP contribution is -2.34. The van der Waals surface area contributed by atoms with E-state index in [9.17, 15) is 9.90 Å². The lowest BCUT2D eigenvalue weighted by molar-refractivity contribution is -0.147. The van der Waals surface area contributed by atoms with Crippen LogP contribution in [0.15, 0.2) is 12.2 Å². The summed E-state index contributed by atoms with van der Waals surface area (Å²) in [5.41, 5.74) is 1.07. The summed E-state index contributed by atoms with van der Waals surface area (Å²) < 4.78 is 4.76. The Morgan fingerprint density at radius 1 is 1.56 bits per heavy atom. The second kappa shape index (κ2) is 5.48. The van der Waals surface area contributed by atoms with Crippen LogP contribution < -0.4 is 0 Å². The van der Waals surface area contributed by atoms with Crippen LogP contribution in [-0.4, -0.2) is 24.3 Å². The molecule has 16 heavy (non-hydrogen) atoms. The largest absolute Gasteiger partial charge is 0.469 e. The molecule has 0 amide bonds. The van der Waals surface area contributed by atoms with E-state index in [1.54, 1.807) is 0 Å². The van der Waals surface area contributed by atoms with Gasteiger partial charge in [0.05, 0.1) is 19.1 Å². The summed E-state index contributed by atoms with van der Waals surface area (Å²) in [5.74, 6) is -0.00152. The molecule has 1 rings (SSSR count). The molecular weight excluding hydrogens is 204 g/mol. The fraction of sp³-hybridized carbons (Fsp3) is 0.769. The van der Waals surface area contributed by atoms with Gasteiger partial charge in [-0.05, 0) is 25.2 Å². The molecule has 0 unspecified atom stereocenters. The minimum atomic E-state index is -0.403. The Labute approximate surface area is 97.5 Å². The molecule has 0 aromatic carbocycles. The van der Waals surface area contributed by atoms with Crippen LogP contribution in [0.2, 0.25) is 0 Å². The van der Waals surface area contributed by atoms with Crippen LogP contribution in [0.5, 0.6) is 0 Å². The maximum atomic E-state index is 11.5. The van der Waals surface area contributed by atoms with Crippen molar-refractivity contribution in [1.82, 2.24) is 0 Å². The second-order valence-corrected chi connectivity index (χ2v) is 4.99. The molecule has 0 aromatic heterocycles. The van der Waals surface area contributed by atoms with E-state index in [1.165, 1.54) is 7.11 Å². The molecule has 0 spiro atoms. The van der Waals surface area contributed by atoms with Crippen LogP contribution >= 0.6 is 0 Å². The molecular formula is C13H22O3. The molecule has 0 bridgehead atoms. The van der Waals surface area contributed by atoms with Crippen molar-refractivity contribution in [2.24, 2.45) is 17.8 Å². The first-order chi connectivity index (χ1) is 7.47. The Morgan fingerprint density at radius 2 is 2.19 bits per heavy atom. The van der Waals surface area contributed by atoms with Gasteiger partial charge >= 0.3 is 5.97 Å². The van der Waals surface area contributed by atoms with E-state index < -0.39 is 6.10 Å². The van der Waals surface area contributed by atoms with Gasteiger partial charge in [0.2, 0.25) is 0 Å². The third-order valence-electron chi connectivity index (χ3n) is 3.51. The molecule has 3 heteroatoms. The summed E-state index contributed by atoms with van der Waals surface area (Å²) in [6.07, 6.45) is 1.88. The van der Waals surface area contributed by atoms with Crippen molar-refractivity contribution < 1.29 is 14.6 Å². The molecule has 1 fully saturated rings. The van der Waals surface area contributed by atoms with E-state index in [2.05, 4.69) is 6.58 Å². The van der Waals surface area contributed by atoms with Gasteiger partial charge in [0.1, 0.15) is 0 Å². The number of ether oxygens (including phenoxy) is 1. The highest BCUT2D eigenvalue weighted by Gasteiger charge is 2.34. The minimum absolute atomic E-state index is 0.0397. The van der Waals surface area contributed by atoms with Gasteiger partial charge in [-0.15, -0.1) is 0 Å². The SMILES string of the molecule is C=C1CC[C@H](C(=O)OC)C[C@@H]1[C@@H](O)C(C)C. The van der Waals surface area contributed by atoms with E-state index in [4.69, 9.17) is 4.74 Å². The first-order valence-electron chi connectivity index (χ1n) is 5.91. The van der Waals surface area contributed by atoms with Gasteiger partial charge in [0.25, 0.3) is 0 Å². The van der Waals surface area contributed by atoms with Crippen molar-refractivity contribution in [3.05, 3.63) is 12.2 Å². The molecule has 0 aliphatic heterocycles. The highest BCUT2D eigenvalue weighted by Crippen LogP contribution is 2.36. The molecule has 92 valence electrons. The van der Waals surface area contributed by atoms with Gasteiger partial charge in [0.15, 0.2) is 0 Å². The van der Waals surface area contributed by atoms with Crippen molar-refractivity contribution in [3.8, 4) is 0 Å². The molecule has 3 nitrogen and oxygen atoms in total. The molecule has 1 N–H and O–H groups in total. The smallest absolute Gasteiger partial charge is 0.308 e. The summed E-state index contributed by atoms with van der Waals surface area (Å²) in [6.45, 7) is 7.98. The molecule has 3 atom stereocenters. The zero-order valence-corrected chi connectivity index (χ0v) is 10.4. The Hall–Kier alpha value is -0.830. The quantitative estimate of drug-likeness (QED) is 0.592. The van der Waals surface area contributed by atoms with Crippen molar-refractivity contribution in [1.29, 1.82) is 0 Å². The standard InChI is InChI=1S/C13H22O3/c1-8(2)12(14)11-7-10(13(15)16-4)6-5-9(11)3/h8,10-12,14H,3,5-7H2,1-2,4H3/t10-,11-,12-/m0/s1. The van der Waals surface area contributed by atoms with Crippen LogP contribution in [0.3, 0.4) is 0 Å². The van der Waals surface area contributed by atoms with Crippen LogP contribution in [0, 0.1) is 17.8 Å². The molecule has 1 aliphatic carbocycles. The minimum Gasteiger partial charge on any atom is -0.469 e. The van der Waals surface area contributed by atoms with Crippen molar-refractivity contribution in [2.75, 3.05) is 7.11 Å². The Balaban J connectivity index is 2.69. The lowest BCUT2D eigenvalue weighted by Gasteiger charge is -2.34. The van der Waals surface area contributed by atoms with Crippen LogP contribution in [0.25, 0.3) is 0 Å². The normalized spacial score (nSPS) is 27.9. The average molecular weight is 226 g/mol. The third kappa shape index (κ3) is 2.85. The fourth-order valence-corrected chi connectivity index (χ4v) is 2.36.